The molecule has 2 saturated heterocycles. The first-order chi connectivity index (χ1) is 12.2. The van der Waals surface area contributed by atoms with Gasteiger partial charge in [0.1, 0.15) is 5.60 Å². The number of anilines is 1. The van der Waals surface area contributed by atoms with Crippen LogP contribution in [0.5, 0.6) is 0 Å². The van der Waals surface area contributed by atoms with Crippen molar-refractivity contribution in [2.45, 2.75) is 52.1 Å². The van der Waals surface area contributed by atoms with Gasteiger partial charge in [0, 0.05) is 19.5 Å². The van der Waals surface area contributed by atoms with Crippen molar-refractivity contribution in [3.8, 4) is 0 Å². The van der Waals surface area contributed by atoms with Crippen molar-refractivity contribution in [3.63, 3.8) is 0 Å². The molecule has 2 aliphatic rings. The molecule has 1 atom stereocenters. The van der Waals surface area contributed by atoms with Crippen molar-refractivity contribution >= 4 is 23.6 Å². The van der Waals surface area contributed by atoms with Crippen LogP contribution in [-0.2, 0) is 14.3 Å². The zero-order chi connectivity index (χ0) is 18.9. The Balaban J connectivity index is 1.70. The number of esters is 1. The number of nitrogens with zero attached hydrogens (tertiary/aromatic N) is 3. The molecule has 3 heterocycles. The molecule has 2 amide bonds. The summed E-state index contributed by atoms with van der Waals surface area (Å²) in [6.07, 6.45) is 2.44. The fourth-order valence-corrected chi connectivity index (χ4v) is 3.41. The normalized spacial score (nSPS) is 23.7. The molecule has 2 fully saturated rings. The summed E-state index contributed by atoms with van der Waals surface area (Å²) in [6, 6.07) is 3.29. The van der Waals surface area contributed by atoms with Crippen LogP contribution in [-0.4, -0.2) is 46.7 Å². The van der Waals surface area contributed by atoms with Gasteiger partial charge in [-0.25, -0.2) is 4.79 Å². The summed E-state index contributed by atoms with van der Waals surface area (Å²) in [6.45, 7) is 6.52. The molecule has 140 valence electrons. The lowest BCUT2D eigenvalue weighted by Gasteiger charge is -2.25. The van der Waals surface area contributed by atoms with Crippen LogP contribution in [0.4, 0.5) is 5.82 Å². The number of nitrogens with one attached hydrogen (secondary N) is 1. The Morgan fingerprint density at radius 2 is 2.00 bits per heavy atom. The molecule has 0 bridgehead atoms. The Morgan fingerprint density at radius 1 is 1.23 bits per heavy atom. The summed E-state index contributed by atoms with van der Waals surface area (Å²) in [5, 5.41) is 10.6. The Morgan fingerprint density at radius 3 is 2.65 bits per heavy atom. The molecular formula is C18H24N4O4. The molecule has 1 aromatic rings. The summed E-state index contributed by atoms with van der Waals surface area (Å²) in [5.74, 6) is -0.304. The average molecular weight is 360 g/mol. The highest BCUT2D eigenvalue weighted by atomic mass is 16.6. The first-order valence-corrected chi connectivity index (χ1v) is 8.85. The molecule has 2 aliphatic heterocycles. The monoisotopic (exact) mass is 360 g/mol. The van der Waals surface area contributed by atoms with E-state index in [1.54, 1.807) is 32.9 Å². The van der Waals surface area contributed by atoms with E-state index < -0.39 is 17.0 Å². The van der Waals surface area contributed by atoms with E-state index in [2.05, 4.69) is 15.5 Å². The van der Waals surface area contributed by atoms with Gasteiger partial charge in [-0.2, -0.15) is 0 Å². The van der Waals surface area contributed by atoms with Crippen molar-refractivity contribution in [1.29, 1.82) is 0 Å². The number of amides is 2. The standard InChI is InChI=1S/C18H24N4O4/c1-17(2,3)26-15(24)12-6-7-13(21-20-12)22-10-9-18(11-22)8-4-5-14(23)19-16(18)25/h6-7H,4-5,8-11H2,1-3H3,(H,19,23,25). The van der Waals surface area contributed by atoms with Crippen LogP contribution < -0.4 is 10.2 Å². The number of imide groups is 1. The smallest absolute Gasteiger partial charge is 0.359 e. The lowest BCUT2D eigenvalue weighted by Crippen LogP contribution is -2.43. The maximum Gasteiger partial charge on any atom is 0.359 e. The van der Waals surface area contributed by atoms with E-state index in [9.17, 15) is 14.4 Å². The minimum atomic E-state index is -0.594. The summed E-state index contributed by atoms with van der Waals surface area (Å²) < 4.78 is 5.28. The lowest BCUT2D eigenvalue weighted by atomic mass is 9.82. The highest BCUT2D eigenvalue weighted by Crippen LogP contribution is 2.38. The van der Waals surface area contributed by atoms with Crippen LogP contribution in [0.25, 0.3) is 0 Å². The maximum atomic E-state index is 12.4. The second-order valence-electron chi connectivity index (χ2n) is 7.96. The fourth-order valence-electron chi connectivity index (χ4n) is 3.41. The molecule has 26 heavy (non-hydrogen) atoms. The number of carbonyl (C=O) groups is 3. The zero-order valence-electron chi connectivity index (χ0n) is 15.4. The first-order valence-electron chi connectivity index (χ1n) is 8.85. The molecule has 1 aromatic heterocycles. The molecule has 0 aromatic carbocycles. The molecule has 1 spiro atoms. The number of rotatable bonds is 2. The predicted molar refractivity (Wildman–Crippen MR) is 93.5 cm³/mol. The van der Waals surface area contributed by atoms with E-state index in [1.807, 2.05) is 4.90 Å². The van der Waals surface area contributed by atoms with E-state index in [1.165, 1.54) is 0 Å². The molecule has 1 unspecified atom stereocenters. The third kappa shape index (κ3) is 3.84. The Bertz CT molecular complexity index is 726. The van der Waals surface area contributed by atoms with Crippen LogP contribution in [0.15, 0.2) is 12.1 Å². The maximum absolute atomic E-state index is 12.4. The largest absolute Gasteiger partial charge is 0.455 e. The van der Waals surface area contributed by atoms with Crippen molar-refractivity contribution < 1.29 is 19.1 Å². The number of carbonyl (C=O) groups excluding carboxylic acids is 3. The van der Waals surface area contributed by atoms with Crippen molar-refractivity contribution in [2.75, 3.05) is 18.0 Å². The number of hydrogen-bond donors (Lipinski definition) is 1. The Kier molecular flexibility index (Phi) is 4.68. The van der Waals surface area contributed by atoms with Gasteiger partial charge in [0.05, 0.1) is 5.41 Å². The van der Waals surface area contributed by atoms with Gasteiger partial charge >= 0.3 is 5.97 Å². The number of aromatic nitrogens is 2. The van der Waals surface area contributed by atoms with E-state index in [-0.39, 0.29) is 17.5 Å². The Hall–Kier alpha value is -2.51. The molecule has 8 nitrogen and oxygen atoms in total. The average Bonchev–Trinajstić information content (AvgIpc) is 2.93. The molecule has 3 rings (SSSR count). The Labute approximate surface area is 152 Å². The summed E-state index contributed by atoms with van der Waals surface area (Å²) >= 11 is 0. The summed E-state index contributed by atoms with van der Waals surface area (Å²) in [5.41, 5.74) is -1.00. The summed E-state index contributed by atoms with van der Waals surface area (Å²) in [4.78, 5) is 38.0. The quantitative estimate of drug-likeness (QED) is 0.629. The van der Waals surface area contributed by atoms with E-state index >= 15 is 0 Å². The van der Waals surface area contributed by atoms with E-state index in [0.717, 1.165) is 0 Å². The first kappa shape index (κ1) is 18.3. The van der Waals surface area contributed by atoms with E-state index in [0.29, 0.717) is 44.6 Å². The van der Waals surface area contributed by atoms with Gasteiger partial charge in [-0.1, -0.05) is 0 Å². The van der Waals surface area contributed by atoms with Crippen LogP contribution in [0.3, 0.4) is 0 Å². The minimum Gasteiger partial charge on any atom is -0.455 e. The third-order valence-corrected chi connectivity index (χ3v) is 4.73. The molecule has 1 N–H and O–H groups in total. The fraction of sp³-hybridized carbons (Fsp3) is 0.611. The zero-order valence-corrected chi connectivity index (χ0v) is 15.4. The lowest BCUT2D eigenvalue weighted by molar-refractivity contribution is -0.134. The van der Waals surface area contributed by atoms with Gasteiger partial charge in [-0.15, -0.1) is 10.2 Å². The number of ether oxygens (including phenoxy) is 1. The predicted octanol–water partition coefficient (Wildman–Crippen LogP) is 1.46. The van der Waals surface area contributed by atoms with Crippen molar-refractivity contribution in [2.24, 2.45) is 5.41 Å². The SMILES string of the molecule is CC(C)(C)OC(=O)c1ccc(N2CCC3(CCCC(=O)NC3=O)C2)nn1. The van der Waals surface area contributed by atoms with Crippen molar-refractivity contribution in [3.05, 3.63) is 17.8 Å². The third-order valence-electron chi connectivity index (χ3n) is 4.73. The highest BCUT2D eigenvalue weighted by molar-refractivity contribution is 5.99. The second kappa shape index (κ2) is 6.66. The highest BCUT2D eigenvalue weighted by Gasteiger charge is 2.46. The topological polar surface area (TPSA) is 101 Å². The van der Waals surface area contributed by atoms with Crippen LogP contribution in [0.2, 0.25) is 0 Å². The van der Waals surface area contributed by atoms with Crippen LogP contribution in [0, 0.1) is 5.41 Å². The van der Waals surface area contributed by atoms with Crippen molar-refractivity contribution in [1.82, 2.24) is 15.5 Å². The molecular weight excluding hydrogens is 336 g/mol. The number of hydrogen-bond acceptors (Lipinski definition) is 7. The molecule has 0 aliphatic carbocycles. The van der Waals surface area contributed by atoms with Gasteiger partial charge in [-0.3, -0.25) is 14.9 Å². The molecule has 0 saturated carbocycles. The summed E-state index contributed by atoms with van der Waals surface area (Å²) in [7, 11) is 0. The molecule has 8 heteroatoms. The van der Waals surface area contributed by atoms with Gasteiger partial charge in [0.25, 0.3) is 0 Å². The molecule has 0 radical (unpaired) electrons. The van der Waals surface area contributed by atoms with Gasteiger partial charge in [-0.05, 0) is 52.2 Å². The van der Waals surface area contributed by atoms with Crippen LogP contribution >= 0.6 is 0 Å². The van der Waals surface area contributed by atoms with Gasteiger partial charge in [0.2, 0.25) is 11.8 Å². The minimum absolute atomic E-state index is 0.149. The van der Waals surface area contributed by atoms with E-state index in [4.69, 9.17) is 4.74 Å². The van der Waals surface area contributed by atoms with Gasteiger partial charge in [0.15, 0.2) is 11.5 Å². The second-order valence-corrected chi connectivity index (χ2v) is 7.96. The van der Waals surface area contributed by atoms with Gasteiger partial charge < -0.3 is 9.64 Å². The van der Waals surface area contributed by atoms with Crippen LogP contribution in [0.1, 0.15) is 56.9 Å².